The lowest BCUT2D eigenvalue weighted by molar-refractivity contribution is -0.127. The average Bonchev–Trinajstić information content (AvgIpc) is 2.23. The Hall–Kier alpha value is -1.99. The summed E-state index contributed by atoms with van der Waals surface area (Å²) in [7, 11) is 4.50. The second-order valence-corrected chi connectivity index (χ2v) is 5.12. The Kier molecular flexibility index (Phi) is 6.10. The van der Waals surface area contributed by atoms with Crippen LogP contribution in [0.2, 0.25) is 0 Å². The highest BCUT2D eigenvalue weighted by Gasteiger charge is 2.20. The van der Waals surface area contributed by atoms with Gasteiger partial charge in [-0.25, -0.2) is 20.0 Å². The molecule has 0 aromatic heterocycles. The van der Waals surface area contributed by atoms with Crippen LogP contribution in [0.15, 0.2) is 0 Å². The molecule has 4 amide bonds. The van der Waals surface area contributed by atoms with Crippen LogP contribution in [0.5, 0.6) is 0 Å². The van der Waals surface area contributed by atoms with E-state index in [0.717, 1.165) is 5.01 Å². The molecule has 0 heterocycles. The molecule has 0 fully saturated rings. The van der Waals surface area contributed by atoms with Crippen molar-refractivity contribution < 1.29 is 19.1 Å². The van der Waals surface area contributed by atoms with Crippen molar-refractivity contribution in [2.24, 2.45) is 0 Å². The van der Waals surface area contributed by atoms with E-state index in [0.29, 0.717) is 0 Å². The fourth-order valence-electron chi connectivity index (χ4n) is 0.882. The van der Waals surface area contributed by atoms with Crippen molar-refractivity contribution in [1.82, 2.24) is 20.7 Å². The Morgan fingerprint density at radius 3 is 2.05 bits per heavy atom. The summed E-state index contributed by atoms with van der Waals surface area (Å²) in [6.45, 7) is 5.00. The number of rotatable bonds is 2. The Balaban J connectivity index is 4.12. The second kappa shape index (κ2) is 6.81. The third-order valence-electron chi connectivity index (χ3n) is 1.84. The minimum Gasteiger partial charge on any atom is -0.442 e. The van der Waals surface area contributed by atoms with E-state index in [4.69, 9.17) is 4.74 Å². The smallest absolute Gasteiger partial charge is 0.428 e. The molecule has 8 heteroatoms. The summed E-state index contributed by atoms with van der Waals surface area (Å²) in [5, 5.41) is 3.23. The van der Waals surface area contributed by atoms with Gasteiger partial charge in [0, 0.05) is 21.1 Å². The first-order valence-corrected chi connectivity index (χ1v) is 5.74. The monoisotopic (exact) mass is 274 g/mol. The molecule has 0 saturated heterocycles. The number of urea groups is 1. The number of hydrogen-bond donors (Lipinski definition) is 2. The van der Waals surface area contributed by atoms with E-state index in [-0.39, 0.29) is 12.5 Å². The highest BCUT2D eigenvalue weighted by molar-refractivity contribution is 5.84. The van der Waals surface area contributed by atoms with Gasteiger partial charge >= 0.3 is 12.1 Å². The lowest BCUT2D eigenvalue weighted by atomic mass is 10.2. The number of ether oxygens (including phenoxy) is 1. The van der Waals surface area contributed by atoms with Crippen molar-refractivity contribution in [2.75, 3.05) is 27.7 Å². The highest BCUT2D eigenvalue weighted by atomic mass is 16.6. The molecule has 8 nitrogen and oxygen atoms in total. The Morgan fingerprint density at radius 1 is 1.11 bits per heavy atom. The minimum absolute atomic E-state index is 0.152. The zero-order valence-electron chi connectivity index (χ0n) is 12.2. The molecule has 0 aromatic rings. The van der Waals surface area contributed by atoms with Crippen LogP contribution in [0, 0.1) is 0 Å². The Labute approximate surface area is 113 Å². The lowest BCUT2D eigenvalue weighted by Crippen LogP contribution is -2.51. The van der Waals surface area contributed by atoms with Crippen molar-refractivity contribution in [1.29, 1.82) is 0 Å². The van der Waals surface area contributed by atoms with Crippen LogP contribution < -0.4 is 10.7 Å². The minimum atomic E-state index is -0.693. The molecular formula is C11H22N4O4. The van der Waals surface area contributed by atoms with Gasteiger partial charge in [-0.05, 0) is 20.8 Å². The maximum atomic E-state index is 11.5. The van der Waals surface area contributed by atoms with E-state index in [1.165, 1.54) is 11.9 Å². The molecule has 110 valence electrons. The lowest BCUT2D eigenvalue weighted by Gasteiger charge is -2.24. The first-order valence-electron chi connectivity index (χ1n) is 5.74. The third kappa shape index (κ3) is 7.85. The predicted molar refractivity (Wildman–Crippen MR) is 69.2 cm³/mol. The van der Waals surface area contributed by atoms with Crippen molar-refractivity contribution in [3.8, 4) is 0 Å². The molecule has 0 aliphatic rings. The quantitative estimate of drug-likeness (QED) is 0.702. The van der Waals surface area contributed by atoms with Crippen LogP contribution in [0.1, 0.15) is 20.8 Å². The van der Waals surface area contributed by atoms with Crippen LogP contribution in [-0.2, 0) is 9.53 Å². The molecule has 0 rings (SSSR count). The van der Waals surface area contributed by atoms with Gasteiger partial charge in [0.25, 0.3) is 0 Å². The highest BCUT2D eigenvalue weighted by Crippen LogP contribution is 2.07. The SMILES string of the molecule is CN(C)C(=O)CNC(=O)NN(C)C(=O)OC(C)(C)C. The third-order valence-corrected chi connectivity index (χ3v) is 1.84. The molecule has 0 aliphatic heterocycles. The molecule has 2 N–H and O–H groups in total. The van der Waals surface area contributed by atoms with E-state index in [1.807, 2.05) is 0 Å². The molecule has 0 unspecified atom stereocenters. The van der Waals surface area contributed by atoms with Crippen molar-refractivity contribution in [3.63, 3.8) is 0 Å². The molecule has 19 heavy (non-hydrogen) atoms. The van der Waals surface area contributed by atoms with E-state index >= 15 is 0 Å². The van der Waals surface area contributed by atoms with Gasteiger partial charge in [0.05, 0.1) is 6.54 Å². The molecule has 0 saturated carbocycles. The van der Waals surface area contributed by atoms with Crippen LogP contribution in [0.3, 0.4) is 0 Å². The number of amides is 4. The van der Waals surface area contributed by atoms with Gasteiger partial charge in [-0.15, -0.1) is 0 Å². The van der Waals surface area contributed by atoms with Crippen molar-refractivity contribution in [3.05, 3.63) is 0 Å². The fraction of sp³-hybridized carbons (Fsp3) is 0.727. The average molecular weight is 274 g/mol. The van der Waals surface area contributed by atoms with E-state index in [9.17, 15) is 14.4 Å². The fourth-order valence-corrected chi connectivity index (χ4v) is 0.882. The number of carbonyl (C=O) groups is 3. The molecule has 0 bridgehead atoms. The molecule has 0 spiro atoms. The number of hydrogen-bond acceptors (Lipinski definition) is 4. The van der Waals surface area contributed by atoms with Gasteiger partial charge in [-0.3, -0.25) is 4.79 Å². The molecule has 0 radical (unpaired) electrons. The zero-order chi connectivity index (χ0) is 15.2. The Morgan fingerprint density at radius 2 is 1.63 bits per heavy atom. The van der Waals surface area contributed by atoms with Gasteiger partial charge < -0.3 is 15.0 Å². The summed E-state index contributed by atoms with van der Waals surface area (Å²) in [5.41, 5.74) is 1.59. The van der Waals surface area contributed by atoms with Crippen molar-refractivity contribution in [2.45, 2.75) is 26.4 Å². The number of hydrazine groups is 1. The molecular weight excluding hydrogens is 252 g/mol. The summed E-state index contributed by atoms with van der Waals surface area (Å²) in [4.78, 5) is 35.5. The molecule has 0 aromatic carbocycles. The number of carbonyl (C=O) groups excluding carboxylic acids is 3. The van der Waals surface area contributed by atoms with Gasteiger partial charge in [0.15, 0.2) is 0 Å². The normalized spacial score (nSPS) is 10.4. The zero-order valence-corrected chi connectivity index (χ0v) is 12.2. The standard InChI is InChI=1S/C11H22N4O4/c1-11(2,3)19-10(18)15(6)13-9(17)12-7-8(16)14(4)5/h7H2,1-6H3,(H2,12,13,17). The topological polar surface area (TPSA) is 91.0 Å². The van der Waals surface area contributed by atoms with Crippen LogP contribution in [0.25, 0.3) is 0 Å². The van der Waals surface area contributed by atoms with Crippen LogP contribution in [0.4, 0.5) is 9.59 Å². The largest absolute Gasteiger partial charge is 0.442 e. The van der Waals surface area contributed by atoms with E-state index < -0.39 is 17.7 Å². The first kappa shape index (κ1) is 17.0. The van der Waals surface area contributed by atoms with Gasteiger partial charge in [-0.2, -0.15) is 0 Å². The Bertz CT molecular complexity index is 349. The number of nitrogens with one attached hydrogen (secondary N) is 2. The summed E-state index contributed by atoms with van der Waals surface area (Å²) in [6.07, 6.45) is -0.693. The second-order valence-electron chi connectivity index (χ2n) is 5.12. The number of nitrogens with zero attached hydrogens (tertiary/aromatic N) is 2. The summed E-state index contributed by atoms with van der Waals surface area (Å²) in [6, 6.07) is -0.663. The predicted octanol–water partition coefficient (Wildman–Crippen LogP) is 0.156. The maximum Gasteiger partial charge on any atom is 0.428 e. The van der Waals surface area contributed by atoms with Crippen LogP contribution in [-0.4, -0.2) is 61.2 Å². The number of likely N-dealkylation sites (N-methyl/N-ethyl adjacent to an activating group) is 1. The molecule has 0 aliphatic carbocycles. The summed E-state index contributed by atoms with van der Waals surface area (Å²) in [5.74, 6) is -0.255. The summed E-state index contributed by atoms with van der Waals surface area (Å²) >= 11 is 0. The van der Waals surface area contributed by atoms with Crippen molar-refractivity contribution >= 4 is 18.0 Å². The summed E-state index contributed by atoms with van der Waals surface area (Å²) < 4.78 is 5.03. The van der Waals surface area contributed by atoms with Gasteiger partial charge in [-0.1, -0.05) is 0 Å². The van der Waals surface area contributed by atoms with E-state index in [2.05, 4.69) is 10.7 Å². The maximum absolute atomic E-state index is 11.5. The van der Waals surface area contributed by atoms with Gasteiger partial charge in [0.1, 0.15) is 5.60 Å². The van der Waals surface area contributed by atoms with Crippen LogP contribution >= 0.6 is 0 Å². The molecule has 0 atom stereocenters. The van der Waals surface area contributed by atoms with E-state index in [1.54, 1.807) is 34.9 Å². The van der Waals surface area contributed by atoms with Gasteiger partial charge in [0.2, 0.25) is 5.91 Å². The first-order chi connectivity index (χ1) is 8.53.